The zero-order valence-corrected chi connectivity index (χ0v) is 11.4. The zero-order chi connectivity index (χ0) is 9.42. The lowest BCUT2D eigenvalue weighted by Crippen LogP contribution is -1.83. The van der Waals surface area contributed by atoms with Crippen molar-refractivity contribution in [2.45, 2.75) is 0 Å². The quantitative estimate of drug-likeness (QED) is 0.683. The lowest BCUT2D eigenvalue weighted by Gasteiger charge is -2.02. The van der Waals surface area contributed by atoms with Crippen LogP contribution in [0, 0.1) is 3.57 Å². The molecule has 13 heavy (non-hydrogen) atoms. The monoisotopic (exact) mass is 368 g/mol. The van der Waals surface area contributed by atoms with Crippen LogP contribution in [0.1, 0.15) is 0 Å². The molecule has 0 saturated carbocycles. The maximum atomic E-state index is 5.23. The van der Waals surface area contributed by atoms with Crippen LogP contribution < -0.4 is 4.74 Å². The van der Waals surface area contributed by atoms with Crippen LogP contribution in [-0.4, -0.2) is 7.11 Å². The number of thiophene rings is 1. The summed E-state index contributed by atoms with van der Waals surface area (Å²) in [4.78, 5) is 0. The molecule has 4 heteroatoms. The summed E-state index contributed by atoms with van der Waals surface area (Å²) in [6.45, 7) is 0. The molecule has 0 atom stereocenters. The highest BCUT2D eigenvalue weighted by Gasteiger charge is 2.06. The first-order chi connectivity index (χ1) is 6.22. The Balaban J connectivity index is 2.77. The Morgan fingerprint density at radius 3 is 2.92 bits per heavy atom. The molecule has 0 spiro atoms. The van der Waals surface area contributed by atoms with E-state index in [0.29, 0.717) is 0 Å². The summed E-state index contributed by atoms with van der Waals surface area (Å²) in [5.41, 5.74) is 0. The van der Waals surface area contributed by atoms with Crippen molar-refractivity contribution < 1.29 is 4.74 Å². The molecule has 0 N–H and O–H groups in total. The van der Waals surface area contributed by atoms with Gasteiger partial charge in [-0.15, -0.1) is 11.3 Å². The predicted octanol–water partition coefficient (Wildman–Crippen LogP) is 4.28. The number of ether oxygens (including phenoxy) is 1. The van der Waals surface area contributed by atoms with Gasteiger partial charge in [0.15, 0.2) is 0 Å². The highest BCUT2D eigenvalue weighted by atomic mass is 127. The van der Waals surface area contributed by atoms with E-state index in [4.69, 9.17) is 4.74 Å². The highest BCUT2D eigenvalue weighted by Crippen LogP contribution is 2.35. The van der Waals surface area contributed by atoms with Crippen LogP contribution in [0.25, 0.3) is 10.1 Å². The number of halogens is 2. The standard InChI is InChI=1S/C9H6BrIOS/c1-12-8-2-5-7(11)4-13-9(5)3-6(8)10/h2-4H,1H3. The minimum Gasteiger partial charge on any atom is -0.496 e. The van der Waals surface area contributed by atoms with Crippen molar-refractivity contribution in [2.75, 3.05) is 7.11 Å². The van der Waals surface area contributed by atoms with Gasteiger partial charge in [0.25, 0.3) is 0 Å². The van der Waals surface area contributed by atoms with E-state index in [2.05, 4.69) is 56.0 Å². The Morgan fingerprint density at radius 1 is 1.46 bits per heavy atom. The maximum absolute atomic E-state index is 5.23. The molecule has 68 valence electrons. The fraction of sp³-hybridized carbons (Fsp3) is 0.111. The van der Waals surface area contributed by atoms with Gasteiger partial charge in [0.2, 0.25) is 0 Å². The number of benzene rings is 1. The van der Waals surface area contributed by atoms with Crippen molar-refractivity contribution in [3.63, 3.8) is 0 Å². The minimum absolute atomic E-state index is 0.892. The molecule has 0 radical (unpaired) electrons. The van der Waals surface area contributed by atoms with Crippen LogP contribution in [-0.2, 0) is 0 Å². The number of fused-ring (bicyclic) bond motifs is 1. The van der Waals surface area contributed by atoms with E-state index in [0.717, 1.165) is 10.2 Å². The zero-order valence-electron chi connectivity index (χ0n) is 6.80. The topological polar surface area (TPSA) is 9.23 Å². The van der Waals surface area contributed by atoms with Gasteiger partial charge in [0.1, 0.15) is 5.75 Å². The summed E-state index contributed by atoms with van der Waals surface area (Å²) in [5.74, 6) is 0.892. The van der Waals surface area contributed by atoms with E-state index < -0.39 is 0 Å². The number of rotatable bonds is 1. The molecule has 1 aromatic carbocycles. The Morgan fingerprint density at radius 2 is 2.23 bits per heavy atom. The summed E-state index contributed by atoms with van der Waals surface area (Å²) in [7, 11) is 1.69. The van der Waals surface area contributed by atoms with E-state index in [-0.39, 0.29) is 0 Å². The fourth-order valence-corrected chi connectivity index (χ4v) is 3.66. The van der Waals surface area contributed by atoms with Gasteiger partial charge < -0.3 is 4.74 Å². The second-order valence-electron chi connectivity index (χ2n) is 2.57. The number of hydrogen-bond donors (Lipinski definition) is 0. The van der Waals surface area contributed by atoms with Crippen molar-refractivity contribution in [3.05, 3.63) is 25.6 Å². The summed E-state index contributed by atoms with van der Waals surface area (Å²) in [5, 5.41) is 3.42. The van der Waals surface area contributed by atoms with E-state index in [9.17, 15) is 0 Å². The maximum Gasteiger partial charge on any atom is 0.133 e. The smallest absolute Gasteiger partial charge is 0.133 e. The summed E-state index contributed by atoms with van der Waals surface area (Å²) >= 11 is 7.56. The van der Waals surface area contributed by atoms with Crippen molar-refractivity contribution in [1.29, 1.82) is 0 Å². The molecule has 0 bridgehead atoms. The van der Waals surface area contributed by atoms with Gasteiger partial charge in [-0.05, 0) is 50.7 Å². The van der Waals surface area contributed by atoms with Gasteiger partial charge in [-0.2, -0.15) is 0 Å². The van der Waals surface area contributed by atoms with Gasteiger partial charge in [-0.3, -0.25) is 0 Å². The third-order valence-electron chi connectivity index (χ3n) is 1.80. The minimum atomic E-state index is 0.892. The van der Waals surface area contributed by atoms with Gasteiger partial charge in [-0.1, -0.05) is 0 Å². The van der Waals surface area contributed by atoms with Crippen molar-refractivity contribution in [1.82, 2.24) is 0 Å². The lowest BCUT2D eigenvalue weighted by atomic mass is 10.2. The molecule has 0 amide bonds. The first-order valence-electron chi connectivity index (χ1n) is 3.62. The Kier molecular flexibility index (Phi) is 2.80. The molecule has 2 rings (SSSR count). The molecule has 0 fully saturated rings. The first-order valence-corrected chi connectivity index (χ1v) is 6.37. The van der Waals surface area contributed by atoms with Gasteiger partial charge >= 0.3 is 0 Å². The second-order valence-corrected chi connectivity index (χ2v) is 5.49. The summed E-state index contributed by atoms with van der Waals surface area (Å²) in [6, 6.07) is 4.17. The molecular weight excluding hydrogens is 363 g/mol. The molecule has 0 aliphatic heterocycles. The average molecular weight is 369 g/mol. The Hall–Kier alpha value is 0.190. The van der Waals surface area contributed by atoms with Crippen molar-refractivity contribution >= 4 is 59.9 Å². The van der Waals surface area contributed by atoms with Crippen LogP contribution >= 0.6 is 49.9 Å². The fourth-order valence-electron chi connectivity index (χ4n) is 1.15. The molecule has 1 aromatic heterocycles. The third-order valence-corrected chi connectivity index (χ3v) is 4.68. The summed E-state index contributed by atoms with van der Waals surface area (Å²) in [6.07, 6.45) is 0. The molecule has 0 unspecified atom stereocenters. The average Bonchev–Trinajstić information content (AvgIpc) is 2.46. The summed E-state index contributed by atoms with van der Waals surface area (Å²) < 4.78 is 8.82. The van der Waals surface area contributed by atoms with Crippen LogP contribution in [0.15, 0.2) is 22.0 Å². The molecule has 1 heterocycles. The predicted molar refractivity (Wildman–Crippen MR) is 68.8 cm³/mol. The van der Waals surface area contributed by atoms with Crippen LogP contribution in [0.4, 0.5) is 0 Å². The Labute approximate surface area is 102 Å². The van der Waals surface area contributed by atoms with E-state index in [1.807, 2.05) is 0 Å². The first kappa shape index (κ1) is 9.73. The highest BCUT2D eigenvalue weighted by molar-refractivity contribution is 14.1. The molecular formula is C9H6BrIOS. The molecule has 0 aliphatic rings. The van der Waals surface area contributed by atoms with Gasteiger partial charge in [0, 0.05) is 19.0 Å². The van der Waals surface area contributed by atoms with E-state index >= 15 is 0 Å². The molecule has 1 nitrogen and oxygen atoms in total. The van der Waals surface area contributed by atoms with Gasteiger partial charge in [-0.25, -0.2) is 0 Å². The third kappa shape index (κ3) is 1.71. The molecule has 0 aliphatic carbocycles. The van der Waals surface area contributed by atoms with E-state index in [1.54, 1.807) is 18.4 Å². The normalized spacial score (nSPS) is 10.7. The lowest BCUT2D eigenvalue weighted by molar-refractivity contribution is 0.413. The van der Waals surface area contributed by atoms with Crippen LogP contribution in [0.3, 0.4) is 0 Å². The van der Waals surface area contributed by atoms with Crippen molar-refractivity contribution in [2.24, 2.45) is 0 Å². The number of hydrogen-bond acceptors (Lipinski definition) is 2. The van der Waals surface area contributed by atoms with Crippen LogP contribution in [0.5, 0.6) is 5.75 Å². The van der Waals surface area contributed by atoms with Gasteiger partial charge in [0.05, 0.1) is 11.6 Å². The Bertz CT molecular complexity index is 452. The molecule has 2 aromatic rings. The SMILES string of the molecule is COc1cc2c(I)csc2cc1Br. The van der Waals surface area contributed by atoms with Crippen molar-refractivity contribution in [3.8, 4) is 5.75 Å². The van der Waals surface area contributed by atoms with Crippen LogP contribution in [0.2, 0.25) is 0 Å². The second kappa shape index (κ2) is 3.74. The van der Waals surface area contributed by atoms with E-state index in [1.165, 1.54) is 13.7 Å². The number of methoxy groups -OCH3 is 1. The largest absolute Gasteiger partial charge is 0.496 e. The molecule has 0 saturated heterocycles.